The van der Waals surface area contributed by atoms with Crippen LogP contribution in [-0.4, -0.2) is 31.4 Å². The van der Waals surface area contributed by atoms with E-state index in [-0.39, 0.29) is 11.4 Å². The zero-order chi connectivity index (χ0) is 20.5. The monoisotopic (exact) mass is 384 g/mol. The van der Waals surface area contributed by atoms with Gasteiger partial charge in [0.25, 0.3) is 5.91 Å². The second kappa shape index (κ2) is 10.0. The Kier molecular flexibility index (Phi) is 7.45. The van der Waals surface area contributed by atoms with Gasteiger partial charge in [-0.2, -0.15) is 0 Å². The SMILES string of the molecule is COC(=O)c1ccc(NC(=O)/C(C)=C/C(=O)NCCc2ccc(F)cc2)cc1. The third kappa shape index (κ3) is 6.35. The van der Waals surface area contributed by atoms with E-state index in [0.29, 0.717) is 24.2 Å². The lowest BCUT2D eigenvalue weighted by Crippen LogP contribution is -2.25. The molecule has 0 fully saturated rings. The number of nitrogens with one attached hydrogen (secondary N) is 2. The average molecular weight is 384 g/mol. The summed E-state index contributed by atoms with van der Waals surface area (Å²) in [6.45, 7) is 1.89. The van der Waals surface area contributed by atoms with E-state index >= 15 is 0 Å². The number of esters is 1. The van der Waals surface area contributed by atoms with E-state index in [0.717, 1.165) is 5.56 Å². The number of anilines is 1. The standard InChI is InChI=1S/C21H21FN2O4/c1-14(13-19(25)23-12-11-15-3-7-17(22)8-4-15)20(26)24-18-9-5-16(6-10-18)21(27)28-2/h3-10,13H,11-12H2,1-2H3,(H,23,25)(H,24,26)/b14-13+. The van der Waals surface area contributed by atoms with Crippen molar-refractivity contribution in [2.75, 3.05) is 19.0 Å². The molecule has 6 nitrogen and oxygen atoms in total. The first-order valence-corrected chi connectivity index (χ1v) is 8.59. The van der Waals surface area contributed by atoms with Gasteiger partial charge < -0.3 is 15.4 Å². The van der Waals surface area contributed by atoms with Crippen LogP contribution in [0.1, 0.15) is 22.8 Å². The number of methoxy groups -OCH3 is 1. The number of rotatable bonds is 7. The normalized spacial score (nSPS) is 10.9. The Hall–Kier alpha value is -3.48. The molecule has 0 atom stereocenters. The zero-order valence-corrected chi connectivity index (χ0v) is 15.6. The van der Waals surface area contributed by atoms with Crippen molar-refractivity contribution >= 4 is 23.5 Å². The predicted molar refractivity (Wildman–Crippen MR) is 103 cm³/mol. The van der Waals surface area contributed by atoms with Gasteiger partial charge in [-0.05, 0) is 55.3 Å². The lowest BCUT2D eigenvalue weighted by molar-refractivity contribution is -0.117. The van der Waals surface area contributed by atoms with E-state index in [4.69, 9.17) is 0 Å². The molecule has 2 amide bonds. The molecule has 0 saturated carbocycles. The van der Waals surface area contributed by atoms with Crippen LogP contribution in [0.25, 0.3) is 0 Å². The number of benzene rings is 2. The van der Waals surface area contributed by atoms with Crippen molar-refractivity contribution in [2.24, 2.45) is 0 Å². The van der Waals surface area contributed by atoms with Crippen molar-refractivity contribution in [3.8, 4) is 0 Å². The van der Waals surface area contributed by atoms with Crippen molar-refractivity contribution in [2.45, 2.75) is 13.3 Å². The summed E-state index contributed by atoms with van der Waals surface area (Å²) < 4.78 is 17.5. The predicted octanol–water partition coefficient (Wildman–Crippen LogP) is 2.86. The molecular weight excluding hydrogens is 363 g/mol. The first-order valence-electron chi connectivity index (χ1n) is 8.59. The summed E-state index contributed by atoms with van der Waals surface area (Å²) in [6, 6.07) is 12.2. The highest BCUT2D eigenvalue weighted by atomic mass is 19.1. The Bertz CT molecular complexity index is 874. The summed E-state index contributed by atoms with van der Waals surface area (Å²) in [5.74, 6) is -1.60. The van der Waals surface area contributed by atoms with Crippen LogP contribution in [0.4, 0.5) is 10.1 Å². The third-order valence-electron chi connectivity index (χ3n) is 3.90. The highest BCUT2D eigenvalue weighted by Gasteiger charge is 2.09. The summed E-state index contributed by atoms with van der Waals surface area (Å²) in [4.78, 5) is 35.5. The number of halogens is 1. The molecule has 0 aliphatic heterocycles. The third-order valence-corrected chi connectivity index (χ3v) is 3.90. The molecule has 7 heteroatoms. The summed E-state index contributed by atoms with van der Waals surface area (Å²) in [7, 11) is 1.29. The van der Waals surface area contributed by atoms with E-state index in [9.17, 15) is 18.8 Å². The topological polar surface area (TPSA) is 84.5 Å². The molecule has 0 bridgehead atoms. The molecule has 0 aliphatic rings. The van der Waals surface area contributed by atoms with E-state index in [2.05, 4.69) is 15.4 Å². The van der Waals surface area contributed by atoms with Crippen molar-refractivity contribution in [3.05, 3.63) is 77.1 Å². The number of amides is 2. The number of hydrogen-bond acceptors (Lipinski definition) is 4. The van der Waals surface area contributed by atoms with Gasteiger partial charge >= 0.3 is 5.97 Å². The summed E-state index contributed by atoms with van der Waals surface area (Å²) in [5, 5.41) is 5.32. The maximum Gasteiger partial charge on any atom is 0.337 e. The molecule has 0 heterocycles. The molecule has 146 valence electrons. The Morgan fingerprint density at radius 2 is 1.68 bits per heavy atom. The molecular formula is C21H21FN2O4. The van der Waals surface area contributed by atoms with Crippen LogP contribution in [0.3, 0.4) is 0 Å². The molecule has 2 aromatic rings. The lowest BCUT2D eigenvalue weighted by Gasteiger charge is -2.07. The molecule has 0 saturated heterocycles. The van der Waals surface area contributed by atoms with Crippen molar-refractivity contribution < 1.29 is 23.5 Å². The fourth-order valence-electron chi connectivity index (χ4n) is 2.33. The van der Waals surface area contributed by atoms with Crippen LogP contribution >= 0.6 is 0 Å². The fraction of sp³-hybridized carbons (Fsp3) is 0.190. The summed E-state index contributed by atoms with van der Waals surface area (Å²) >= 11 is 0. The highest BCUT2D eigenvalue weighted by molar-refractivity contribution is 6.07. The van der Waals surface area contributed by atoms with Crippen molar-refractivity contribution in [3.63, 3.8) is 0 Å². The quantitative estimate of drug-likeness (QED) is 0.568. The largest absolute Gasteiger partial charge is 0.465 e. The van der Waals surface area contributed by atoms with E-state index < -0.39 is 17.8 Å². The molecule has 0 aromatic heterocycles. The molecule has 0 unspecified atom stereocenters. The minimum atomic E-state index is -0.466. The first kappa shape index (κ1) is 20.8. The van der Waals surface area contributed by atoms with Crippen LogP contribution < -0.4 is 10.6 Å². The van der Waals surface area contributed by atoms with Crippen molar-refractivity contribution in [1.29, 1.82) is 0 Å². The Morgan fingerprint density at radius 3 is 2.29 bits per heavy atom. The maximum atomic E-state index is 12.8. The summed E-state index contributed by atoms with van der Waals surface area (Å²) in [5.41, 5.74) is 1.99. The van der Waals surface area contributed by atoms with Gasteiger partial charge in [0.1, 0.15) is 5.82 Å². The molecule has 2 N–H and O–H groups in total. The summed E-state index contributed by atoms with van der Waals surface area (Å²) in [6.07, 6.45) is 1.76. The molecule has 28 heavy (non-hydrogen) atoms. The van der Waals surface area contributed by atoms with Gasteiger partial charge in [0.2, 0.25) is 5.91 Å². The number of carbonyl (C=O) groups excluding carboxylic acids is 3. The van der Waals surface area contributed by atoms with Crippen LogP contribution in [0, 0.1) is 5.82 Å². The molecule has 0 aliphatic carbocycles. The van der Waals surface area contributed by atoms with Crippen LogP contribution in [0.15, 0.2) is 60.2 Å². The van der Waals surface area contributed by atoms with Crippen LogP contribution in [-0.2, 0) is 20.7 Å². The van der Waals surface area contributed by atoms with Crippen LogP contribution in [0.2, 0.25) is 0 Å². The maximum absolute atomic E-state index is 12.8. The first-order chi connectivity index (χ1) is 13.4. The van der Waals surface area contributed by atoms with E-state index in [1.807, 2.05) is 0 Å². The molecule has 2 rings (SSSR count). The molecule has 2 aromatic carbocycles. The van der Waals surface area contributed by atoms with Gasteiger partial charge in [-0.1, -0.05) is 12.1 Å². The van der Waals surface area contributed by atoms with Gasteiger partial charge in [0.15, 0.2) is 0 Å². The Balaban J connectivity index is 1.83. The minimum Gasteiger partial charge on any atom is -0.465 e. The van der Waals surface area contributed by atoms with Gasteiger partial charge in [-0.15, -0.1) is 0 Å². The number of hydrogen-bond donors (Lipinski definition) is 2. The van der Waals surface area contributed by atoms with Gasteiger partial charge in [-0.25, -0.2) is 9.18 Å². The average Bonchev–Trinajstić information content (AvgIpc) is 2.69. The number of ether oxygens (including phenoxy) is 1. The second-order valence-electron chi connectivity index (χ2n) is 6.02. The van der Waals surface area contributed by atoms with Gasteiger partial charge in [0, 0.05) is 23.9 Å². The highest BCUT2D eigenvalue weighted by Crippen LogP contribution is 2.11. The van der Waals surface area contributed by atoms with Crippen LogP contribution in [0.5, 0.6) is 0 Å². The van der Waals surface area contributed by atoms with Gasteiger partial charge in [-0.3, -0.25) is 9.59 Å². The molecule has 0 radical (unpaired) electrons. The Labute approximate surface area is 162 Å². The smallest absolute Gasteiger partial charge is 0.337 e. The second-order valence-corrected chi connectivity index (χ2v) is 6.02. The van der Waals surface area contributed by atoms with Crippen molar-refractivity contribution in [1.82, 2.24) is 5.32 Å². The van der Waals surface area contributed by atoms with E-state index in [1.54, 1.807) is 24.3 Å². The zero-order valence-electron chi connectivity index (χ0n) is 15.6. The molecule has 0 spiro atoms. The van der Waals surface area contributed by atoms with Gasteiger partial charge in [0.05, 0.1) is 12.7 Å². The Morgan fingerprint density at radius 1 is 1.04 bits per heavy atom. The van der Waals surface area contributed by atoms with E-state index in [1.165, 1.54) is 44.4 Å². The number of carbonyl (C=O) groups is 3. The minimum absolute atomic E-state index is 0.233. The lowest BCUT2D eigenvalue weighted by atomic mass is 10.1. The fourth-order valence-corrected chi connectivity index (χ4v) is 2.33.